The van der Waals surface area contributed by atoms with Crippen LogP contribution in [-0.2, 0) is 4.74 Å². The highest BCUT2D eigenvalue weighted by Gasteiger charge is 2.27. The van der Waals surface area contributed by atoms with E-state index in [0.717, 1.165) is 25.6 Å². The molecule has 0 aliphatic heterocycles. The molecule has 2 nitrogen and oxygen atoms in total. The van der Waals surface area contributed by atoms with E-state index in [-0.39, 0.29) is 0 Å². The normalized spacial score (nSPS) is 15.2. The maximum atomic E-state index is 5.78. The molecule has 0 saturated heterocycles. The molecule has 1 atom stereocenters. The molecule has 0 heterocycles. The van der Waals surface area contributed by atoms with Crippen LogP contribution in [0.25, 0.3) is 0 Å². The Hall–Kier alpha value is -0.0800. The number of hydrogen-bond donors (Lipinski definition) is 1. The molecule has 0 amide bonds. The van der Waals surface area contributed by atoms with Gasteiger partial charge in [-0.15, -0.1) is 0 Å². The lowest BCUT2D eigenvalue weighted by Gasteiger charge is -2.34. The van der Waals surface area contributed by atoms with E-state index in [1.54, 1.807) is 0 Å². The number of rotatable bonds is 12. The first kappa shape index (κ1) is 18.9. The maximum absolute atomic E-state index is 5.78. The number of nitrogens with one attached hydrogen (secondary N) is 1. The Labute approximate surface area is 121 Å². The van der Waals surface area contributed by atoms with Gasteiger partial charge in [0.05, 0.1) is 6.10 Å². The molecule has 0 aliphatic carbocycles. The van der Waals surface area contributed by atoms with Crippen LogP contribution in [0.15, 0.2) is 0 Å². The number of hydrogen-bond acceptors (Lipinski definition) is 2. The van der Waals surface area contributed by atoms with Crippen LogP contribution in [0.3, 0.4) is 0 Å². The number of unbranched alkanes of at least 4 members (excludes halogenated alkanes) is 1. The van der Waals surface area contributed by atoms with Gasteiger partial charge >= 0.3 is 0 Å². The first-order chi connectivity index (χ1) is 8.95. The Kier molecular flexibility index (Phi) is 10.6. The SMILES string of the molecule is CCCCC(CC)(CCOC(C)C)CNCC(C)C. The quantitative estimate of drug-likeness (QED) is 0.558. The average Bonchev–Trinajstić information content (AvgIpc) is 2.34. The molecule has 0 aromatic rings. The van der Waals surface area contributed by atoms with Crippen LogP contribution >= 0.6 is 0 Å². The molecule has 0 bridgehead atoms. The summed E-state index contributed by atoms with van der Waals surface area (Å²) in [6.07, 6.45) is 6.73. The van der Waals surface area contributed by atoms with Gasteiger partial charge in [-0.3, -0.25) is 0 Å². The lowest BCUT2D eigenvalue weighted by molar-refractivity contribution is 0.0457. The summed E-state index contributed by atoms with van der Waals surface area (Å²) in [5, 5.41) is 3.67. The van der Waals surface area contributed by atoms with Gasteiger partial charge in [-0.25, -0.2) is 0 Å². The average molecular weight is 271 g/mol. The Morgan fingerprint density at radius 1 is 1.05 bits per heavy atom. The van der Waals surface area contributed by atoms with Crippen molar-refractivity contribution in [2.75, 3.05) is 19.7 Å². The van der Waals surface area contributed by atoms with Crippen LogP contribution in [0.1, 0.15) is 73.6 Å². The Bertz CT molecular complexity index is 187. The maximum Gasteiger partial charge on any atom is 0.0518 e. The third kappa shape index (κ3) is 9.45. The lowest BCUT2D eigenvalue weighted by atomic mass is 9.77. The van der Waals surface area contributed by atoms with E-state index in [4.69, 9.17) is 4.74 Å². The molecular formula is C17H37NO. The molecule has 0 aliphatic rings. The second-order valence-corrected chi connectivity index (χ2v) is 6.65. The van der Waals surface area contributed by atoms with Crippen LogP contribution in [0.4, 0.5) is 0 Å². The van der Waals surface area contributed by atoms with E-state index in [1.807, 2.05) is 0 Å². The lowest BCUT2D eigenvalue weighted by Crippen LogP contribution is -2.37. The molecule has 19 heavy (non-hydrogen) atoms. The number of ether oxygens (including phenoxy) is 1. The fraction of sp³-hybridized carbons (Fsp3) is 1.00. The molecule has 0 aromatic heterocycles. The molecular weight excluding hydrogens is 234 g/mol. The zero-order chi connectivity index (χ0) is 14.7. The minimum absolute atomic E-state index is 0.351. The van der Waals surface area contributed by atoms with Crippen molar-refractivity contribution in [3.05, 3.63) is 0 Å². The monoisotopic (exact) mass is 271 g/mol. The molecule has 0 fully saturated rings. The van der Waals surface area contributed by atoms with Crippen molar-refractivity contribution in [1.29, 1.82) is 0 Å². The molecule has 0 spiro atoms. The van der Waals surface area contributed by atoms with E-state index in [9.17, 15) is 0 Å². The van der Waals surface area contributed by atoms with Crippen molar-refractivity contribution in [2.24, 2.45) is 11.3 Å². The molecule has 1 unspecified atom stereocenters. The van der Waals surface area contributed by atoms with Gasteiger partial charge in [-0.05, 0) is 51.0 Å². The first-order valence-corrected chi connectivity index (χ1v) is 8.28. The summed E-state index contributed by atoms with van der Waals surface area (Å²) < 4.78 is 5.78. The molecule has 116 valence electrons. The predicted octanol–water partition coefficient (Wildman–Crippen LogP) is 4.63. The van der Waals surface area contributed by atoms with Gasteiger partial charge in [0, 0.05) is 13.2 Å². The zero-order valence-corrected chi connectivity index (χ0v) is 14.2. The smallest absolute Gasteiger partial charge is 0.0518 e. The van der Waals surface area contributed by atoms with Gasteiger partial charge in [0.15, 0.2) is 0 Å². The predicted molar refractivity (Wildman–Crippen MR) is 85.7 cm³/mol. The summed E-state index contributed by atoms with van der Waals surface area (Å²) >= 11 is 0. The molecule has 0 rings (SSSR count). The minimum Gasteiger partial charge on any atom is -0.379 e. The molecule has 0 aromatic carbocycles. The van der Waals surface area contributed by atoms with E-state index in [2.05, 4.69) is 46.9 Å². The van der Waals surface area contributed by atoms with E-state index in [1.165, 1.54) is 32.1 Å². The van der Waals surface area contributed by atoms with Crippen molar-refractivity contribution in [3.63, 3.8) is 0 Å². The van der Waals surface area contributed by atoms with Crippen molar-refractivity contribution < 1.29 is 4.74 Å². The van der Waals surface area contributed by atoms with Crippen molar-refractivity contribution >= 4 is 0 Å². The standard InChI is InChI=1S/C17H37NO/c1-7-9-10-17(8-2,11-12-19-16(5)6)14-18-13-15(3)4/h15-16,18H,7-14H2,1-6H3. The molecule has 0 radical (unpaired) electrons. The van der Waals surface area contributed by atoms with Gasteiger partial charge in [-0.1, -0.05) is 40.5 Å². The van der Waals surface area contributed by atoms with Crippen LogP contribution < -0.4 is 5.32 Å². The van der Waals surface area contributed by atoms with Crippen LogP contribution in [0.5, 0.6) is 0 Å². The Morgan fingerprint density at radius 2 is 1.74 bits per heavy atom. The largest absolute Gasteiger partial charge is 0.379 e. The second kappa shape index (κ2) is 10.7. The van der Waals surface area contributed by atoms with E-state index < -0.39 is 0 Å². The molecule has 1 N–H and O–H groups in total. The summed E-state index contributed by atoms with van der Waals surface area (Å²) in [4.78, 5) is 0. The summed E-state index contributed by atoms with van der Waals surface area (Å²) in [6.45, 7) is 16.6. The highest BCUT2D eigenvalue weighted by molar-refractivity contribution is 4.81. The topological polar surface area (TPSA) is 21.3 Å². The van der Waals surface area contributed by atoms with Crippen LogP contribution in [0, 0.1) is 11.3 Å². The summed E-state index contributed by atoms with van der Waals surface area (Å²) in [5.74, 6) is 0.729. The van der Waals surface area contributed by atoms with Gasteiger partial charge in [0.1, 0.15) is 0 Å². The Morgan fingerprint density at radius 3 is 2.21 bits per heavy atom. The van der Waals surface area contributed by atoms with Crippen molar-refractivity contribution in [3.8, 4) is 0 Å². The van der Waals surface area contributed by atoms with Crippen molar-refractivity contribution in [2.45, 2.75) is 79.8 Å². The fourth-order valence-corrected chi connectivity index (χ4v) is 2.47. The van der Waals surface area contributed by atoms with Gasteiger partial charge < -0.3 is 10.1 Å². The van der Waals surface area contributed by atoms with Gasteiger partial charge in [0.2, 0.25) is 0 Å². The minimum atomic E-state index is 0.351. The summed E-state index contributed by atoms with van der Waals surface area (Å²) in [7, 11) is 0. The first-order valence-electron chi connectivity index (χ1n) is 8.28. The van der Waals surface area contributed by atoms with Crippen LogP contribution in [-0.4, -0.2) is 25.8 Å². The molecule has 0 saturated carbocycles. The van der Waals surface area contributed by atoms with E-state index in [0.29, 0.717) is 11.5 Å². The third-order valence-electron chi connectivity index (χ3n) is 3.95. The van der Waals surface area contributed by atoms with Crippen LogP contribution in [0.2, 0.25) is 0 Å². The van der Waals surface area contributed by atoms with Gasteiger partial charge in [-0.2, -0.15) is 0 Å². The molecule has 2 heteroatoms. The zero-order valence-electron chi connectivity index (χ0n) is 14.2. The van der Waals surface area contributed by atoms with Gasteiger partial charge in [0.25, 0.3) is 0 Å². The van der Waals surface area contributed by atoms with Crippen molar-refractivity contribution in [1.82, 2.24) is 5.32 Å². The highest BCUT2D eigenvalue weighted by Crippen LogP contribution is 2.32. The highest BCUT2D eigenvalue weighted by atomic mass is 16.5. The fourth-order valence-electron chi connectivity index (χ4n) is 2.47. The van der Waals surface area contributed by atoms with E-state index >= 15 is 0 Å². The summed E-state index contributed by atoms with van der Waals surface area (Å²) in [6, 6.07) is 0. The second-order valence-electron chi connectivity index (χ2n) is 6.65. The summed E-state index contributed by atoms with van der Waals surface area (Å²) in [5.41, 5.74) is 0.430. The third-order valence-corrected chi connectivity index (χ3v) is 3.95. The Balaban J connectivity index is 4.31.